The molecule has 6 nitrogen and oxygen atoms in total. The molecular formula is C19H29FN4O2S. The number of nitrogens with one attached hydrogen (secondary N) is 3. The molecule has 0 spiro atoms. The van der Waals surface area contributed by atoms with E-state index in [1.165, 1.54) is 12.3 Å². The minimum absolute atomic E-state index is 0.171. The number of fused-ring (bicyclic) bond motifs is 1. The fourth-order valence-corrected chi connectivity index (χ4v) is 3.69. The smallest absolute Gasteiger partial charge is 0.191 e. The maximum atomic E-state index is 13.5. The maximum absolute atomic E-state index is 13.5. The minimum Gasteiger partial charge on any atom is -0.361 e. The highest BCUT2D eigenvalue weighted by molar-refractivity contribution is 7.90. The number of aromatic amines is 1. The van der Waals surface area contributed by atoms with E-state index >= 15 is 0 Å². The van der Waals surface area contributed by atoms with Crippen molar-refractivity contribution < 1.29 is 12.8 Å². The van der Waals surface area contributed by atoms with E-state index in [0.717, 1.165) is 22.9 Å². The average molecular weight is 397 g/mol. The zero-order chi connectivity index (χ0) is 20.1. The molecule has 0 unspecified atom stereocenters. The molecule has 27 heavy (non-hydrogen) atoms. The van der Waals surface area contributed by atoms with E-state index in [4.69, 9.17) is 0 Å². The van der Waals surface area contributed by atoms with Gasteiger partial charge in [-0.05, 0) is 42.0 Å². The SMILES string of the molecule is CN=C(NCCc1c[nH]c2ccc(F)cc12)NCC(C)(C)CCS(C)(=O)=O. The molecule has 3 N–H and O–H groups in total. The molecule has 2 rings (SSSR count). The summed E-state index contributed by atoms with van der Waals surface area (Å²) >= 11 is 0. The minimum atomic E-state index is -2.97. The van der Waals surface area contributed by atoms with Gasteiger partial charge in [0.2, 0.25) is 0 Å². The number of benzene rings is 1. The Morgan fingerprint density at radius 3 is 2.70 bits per heavy atom. The summed E-state index contributed by atoms with van der Waals surface area (Å²) in [5, 5.41) is 7.38. The number of aliphatic imine (C=N–C) groups is 1. The molecule has 0 aliphatic rings. The second-order valence-corrected chi connectivity index (χ2v) is 9.91. The zero-order valence-corrected chi connectivity index (χ0v) is 17.2. The topological polar surface area (TPSA) is 86.3 Å². The van der Waals surface area contributed by atoms with Crippen LogP contribution in [0.25, 0.3) is 10.9 Å². The summed E-state index contributed by atoms with van der Waals surface area (Å²) in [6, 6.07) is 4.72. The molecule has 150 valence electrons. The first kappa shape index (κ1) is 21.2. The largest absolute Gasteiger partial charge is 0.361 e. The van der Waals surface area contributed by atoms with Crippen molar-refractivity contribution in [3.8, 4) is 0 Å². The summed E-state index contributed by atoms with van der Waals surface area (Å²) in [7, 11) is -1.27. The number of hydrogen-bond acceptors (Lipinski definition) is 3. The van der Waals surface area contributed by atoms with Crippen LogP contribution in [0, 0.1) is 11.2 Å². The Morgan fingerprint density at radius 2 is 2.04 bits per heavy atom. The fourth-order valence-electron chi connectivity index (χ4n) is 2.77. The van der Waals surface area contributed by atoms with Crippen molar-refractivity contribution in [1.82, 2.24) is 15.6 Å². The highest BCUT2D eigenvalue weighted by atomic mass is 32.2. The summed E-state index contributed by atoms with van der Waals surface area (Å²) in [6.45, 7) is 5.31. The number of aromatic nitrogens is 1. The molecule has 0 aliphatic carbocycles. The van der Waals surface area contributed by atoms with E-state index in [1.54, 1.807) is 19.2 Å². The Morgan fingerprint density at radius 1 is 1.30 bits per heavy atom. The van der Waals surface area contributed by atoms with Crippen molar-refractivity contribution in [1.29, 1.82) is 0 Å². The van der Waals surface area contributed by atoms with Gasteiger partial charge in [-0.1, -0.05) is 13.8 Å². The van der Waals surface area contributed by atoms with Crippen molar-refractivity contribution in [3.63, 3.8) is 0 Å². The van der Waals surface area contributed by atoms with Gasteiger partial charge in [0.25, 0.3) is 0 Å². The van der Waals surface area contributed by atoms with Gasteiger partial charge in [-0.15, -0.1) is 0 Å². The lowest BCUT2D eigenvalue weighted by molar-refractivity contribution is 0.348. The van der Waals surface area contributed by atoms with Crippen LogP contribution in [0.15, 0.2) is 29.4 Å². The van der Waals surface area contributed by atoms with Gasteiger partial charge in [0.1, 0.15) is 15.7 Å². The molecular weight excluding hydrogens is 367 g/mol. The maximum Gasteiger partial charge on any atom is 0.191 e. The monoisotopic (exact) mass is 396 g/mol. The van der Waals surface area contributed by atoms with E-state index in [1.807, 2.05) is 20.0 Å². The molecule has 0 saturated carbocycles. The molecule has 0 bridgehead atoms. The van der Waals surface area contributed by atoms with Crippen molar-refractivity contribution in [3.05, 3.63) is 35.8 Å². The number of guanidine groups is 1. The van der Waals surface area contributed by atoms with Crippen LogP contribution >= 0.6 is 0 Å². The molecule has 0 amide bonds. The third kappa shape index (κ3) is 6.86. The molecule has 0 fully saturated rings. The number of H-pyrrole nitrogens is 1. The number of halogens is 1. The van der Waals surface area contributed by atoms with Crippen molar-refractivity contribution in [2.24, 2.45) is 10.4 Å². The van der Waals surface area contributed by atoms with Gasteiger partial charge >= 0.3 is 0 Å². The normalized spacial score (nSPS) is 13.1. The number of nitrogens with zero attached hydrogens (tertiary/aromatic N) is 1. The lowest BCUT2D eigenvalue weighted by Gasteiger charge is -2.25. The van der Waals surface area contributed by atoms with Gasteiger partial charge < -0.3 is 15.6 Å². The van der Waals surface area contributed by atoms with E-state index in [2.05, 4.69) is 20.6 Å². The van der Waals surface area contributed by atoms with Crippen LogP contribution in [0.4, 0.5) is 4.39 Å². The summed E-state index contributed by atoms with van der Waals surface area (Å²) < 4.78 is 36.2. The predicted molar refractivity (Wildman–Crippen MR) is 109 cm³/mol. The predicted octanol–water partition coefficient (Wildman–Crippen LogP) is 2.48. The van der Waals surface area contributed by atoms with Crippen LogP contribution in [-0.4, -0.2) is 51.5 Å². The van der Waals surface area contributed by atoms with Crippen LogP contribution in [0.1, 0.15) is 25.8 Å². The van der Waals surface area contributed by atoms with Crippen LogP contribution in [0.3, 0.4) is 0 Å². The van der Waals surface area contributed by atoms with Crippen molar-refractivity contribution in [2.45, 2.75) is 26.7 Å². The van der Waals surface area contributed by atoms with E-state index in [9.17, 15) is 12.8 Å². The van der Waals surface area contributed by atoms with Crippen LogP contribution < -0.4 is 10.6 Å². The van der Waals surface area contributed by atoms with Gasteiger partial charge in [0, 0.05) is 43.5 Å². The molecule has 1 aromatic carbocycles. The Labute approximate surface area is 160 Å². The lowest BCUT2D eigenvalue weighted by atomic mass is 9.90. The van der Waals surface area contributed by atoms with Crippen molar-refractivity contribution >= 4 is 26.7 Å². The highest BCUT2D eigenvalue weighted by Crippen LogP contribution is 2.20. The highest BCUT2D eigenvalue weighted by Gasteiger charge is 2.20. The molecule has 0 atom stereocenters. The van der Waals surface area contributed by atoms with E-state index in [-0.39, 0.29) is 17.0 Å². The molecule has 2 aromatic rings. The molecule has 0 radical (unpaired) electrons. The number of sulfone groups is 1. The third-order valence-electron chi connectivity index (χ3n) is 4.52. The number of hydrogen-bond donors (Lipinski definition) is 3. The average Bonchev–Trinajstić information content (AvgIpc) is 2.98. The Kier molecular flexibility index (Phi) is 6.86. The second-order valence-electron chi connectivity index (χ2n) is 7.65. The van der Waals surface area contributed by atoms with Gasteiger partial charge in [-0.2, -0.15) is 0 Å². The third-order valence-corrected chi connectivity index (χ3v) is 5.47. The summed E-state index contributed by atoms with van der Waals surface area (Å²) in [5.41, 5.74) is 1.79. The standard InChI is InChI=1S/C19H29FN4O2S/c1-19(2,8-10-27(4,25)26)13-24-18(21-3)22-9-7-14-12-23-17-6-5-15(20)11-16(14)17/h5-6,11-12,23H,7-10,13H2,1-4H3,(H2,21,22,24). The van der Waals surface area contributed by atoms with Crippen LogP contribution in [0.5, 0.6) is 0 Å². The molecule has 1 aromatic heterocycles. The Balaban J connectivity index is 1.84. The van der Waals surface area contributed by atoms with E-state index in [0.29, 0.717) is 25.5 Å². The van der Waals surface area contributed by atoms with Crippen LogP contribution in [-0.2, 0) is 16.3 Å². The summed E-state index contributed by atoms with van der Waals surface area (Å²) in [5.74, 6) is 0.587. The first-order valence-electron chi connectivity index (χ1n) is 8.97. The Bertz CT molecular complexity index is 904. The summed E-state index contributed by atoms with van der Waals surface area (Å²) in [4.78, 5) is 7.35. The molecule has 8 heteroatoms. The first-order chi connectivity index (χ1) is 12.6. The fraction of sp³-hybridized carbons (Fsp3) is 0.526. The van der Waals surface area contributed by atoms with Gasteiger partial charge in [0.05, 0.1) is 5.75 Å². The van der Waals surface area contributed by atoms with Gasteiger partial charge in [-0.25, -0.2) is 12.8 Å². The summed E-state index contributed by atoms with van der Waals surface area (Å²) in [6.07, 6.45) is 4.46. The zero-order valence-electron chi connectivity index (χ0n) is 16.4. The molecule has 0 saturated heterocycles. The van der Waals surface area contributed by atoms with Crippen molar-refractivity contribution in [2.75, 3.05) is 32.1 Å². The van der Waals surface area contributed by atoms with E-state index < -0.39 is 9.84 Å². The van der Waals surface area contributed by atoms with Crippen LogP contribution in [0.2, 0.25) is 0 Å². The molecule has 0 aliphatic heterocycles. The van der Waals surface area contributed by atoms with Gasteiger partial charge in [0.15, 0.2) is 5.96 Å². The quantitative estimate of drug-likeness (QED) is 0.473. The first-order valence-corrected chi connectivity index (χ1v) is 11.0. The second kappa shape index (κ2) is 8.73. The molecule has 1 heterocycles. The lowest BCUT2D eigenvalue weighted by Crippen LogP contribution is -2.43. The Hall–Kier alpha value is -2.09. The number of rotatable bonds is 8. The van der Waals surface area contributed by atoms with Gasteiger partial charge in [-0.3, -0.25) is 4.99 Å².